The highest BCUT2D eigenvalue weighted by Gasteiger charge is 2.08. The molecule has 5 nitrogen and oxygen atoms in total. The minimum absolute atomic E-state index is 0.0284. The van der Waals surface area contributed by atoms with Crippen molar-refractivity contribution in [2.45, 2.75) is 13.0 Å². The van der Waals surface area contributed by atoms with Crippen molar-refractivity contribution in [2.24, 2.45) is 0 Å². The third-order valence-electron chi connectivity index (χ3n) is 2.72. The number of amides is 1. The predicted molar refractivity (Wildman–Crippen MR) is 81.2 cm³/mol. The number of carbonyl (C=O) groups is 1. The zero-order valence-electron chi connectivity index (χ0n) is 11.0. The molecule has 6 heteroatoms. The van der Waals surface area contributed by atoms with Gasteiger partial charge in [-0.3, -0.25) is 14.8 Å². The molecule has 0 aliphatic heterocycles. The molecule has 104 valence electrons. The maximum atomic E-state index is 11.8. The number of halogens is 1. The van der Waals surface area contributed by atoms with E-state index >= 15 is 0 Å². The van der Waals surface area contributed by atoms with Crippen LogP contribution in [-0.4, -0.2) is 22.4 Å². The van der Waals surface area contributed by atoms with Crippen molar-refractivity contribution in [3.63, 3.8) is 0 Å². The van der Waals surface area contributed by atoms with Crippen molar-refractivity contribution in [2.75, 3.05) is 11.9 Å². The number of carbonyl (C=O) groups excluding carboxylic acids is 1. The third-order valence-corrected chi connectivity index (χ3v) is 3.25. The summed E-state index contributed by atoms with van der Waals surface area (Å²) >= 11 is 3.35. The second-order valence-corrected chi connectivity index (χ2v) is 5.20. The van der Waals surface area contributed by atoms with Gasteiger partial charge in [-0.2, -0.15) is 0 Å². The van der Waals surface area contributed by atoms with E-state index in [1.54, 1.807) is 18.6 Å². The van der Waals surface area contributed by atoms with Gasteiger partial charge >= 0.3 is 0 Å². The van der Waals surface area contributed by atoms with Gasteiger partial charge in [-0.25, -0.2) is 0 Å². The van der Waals surface area contributed by atoms with Crippen LogP contribution in [0.1, 0.15) is 18.7 Å². The summed E-state index contributed by atoms with van der Waals surface area (Å²) in [5, 5.41) is 5.92. The number of hydrogen-bond acceptors (Lipinski definition) is 4. The molecule has 0 spiro atoms. The van der Waals surface area contributed by atoms with Crippen LogP contribution in [0.5, 0.6) is 0 Å². The van der Waals surface area contributed by atoms with Gasteiger partial charge in [-0.15, -0.1) is 0 Å². The smallest absolute Gasteiger partial charge is 0.238 e. The quantitative estimate of drug-likeness (QED) is 0.881. The Morgan fingerprint density at radius 1 is 1.30 bits per heavy atom. The predicted octanol–water partition coefficient (Wildman–Crippen LogP) is 2.53. The summed E-state index contributed by atoms with van der Waals surface area (Å²) in [6.07, 6.45) is 4.94. The SMILES string of the molecule is CC(NCC(=O)Nc1ccc(Br)cc1)c1cnccn1. The van der Waals surface area contributed by atoms with Gasteiger partial charge in [0.15, 0.2) is 0 Å². The fraction of sp³-hybridized carbons (Fsp3) is 0.214. The molecule has 0 aliphatic rings. The Labute approximate surface area is 126 Å². The van der Waals surface area contributed by atoms with Crippen molar-refractivity contribution in [3.8, 4) is 0 Å². The molecule has 0 aliphatic carbocycles. The molecular weight excluding hydrogens is 320 g/mol. The minimum Gasteiger partial charge on any atom is -0.325 e. The molecule has 0 radical (unpaired) electrons. The van der Waals surface area contributed by atoms with Crippen LogP contribution >= 0.6 is 15.9 Å². The first kappa shape index (κ1) is 14.6. The number of aromatic nitrogens is 2. The summed E-state index contributed by atoms with van der Waals surface area (Å²) in [7, 11) is 0. The Hall–Kier alpha value is -1.79. The Morgan fingerprint density at radius 2 is 2.05 bits per heavy atom. The van der Waals surface area contributed by atoms with Gasteiger partial charge in [0.25, 0.3) is 0 Å². The molecule has 2 N–H and O–H groups in total. The highest BCUT2D eigenvalue weighted by atomic mass is 79.9. The molecule has 1 heterocycles. The van der Waals surface area contributed by atoms with Gasteiger partial charge in [-0.1, -0.05) is 15.9 Å². The summed E-state index contributed by atoms with van der Waals surface area (Å²) in [5.74, 6) is -0.0944. The topological polar surface area (TPSA) is 66.9 Å². The molecule has 1 amide bonds. The van der Waals surface area contributed by atoms with E-state index in [0.717, 1.165) is 15.9 Å². The largest absolute Gasteiger partial charge is 0.325 e. The lowest BCUT2D eigenvalue weighted by Gasteiger charge is -2.12. The number of nitrogens with one attached hydrogen (secondary N) is 2. The number of benzene rings is 1. The van der Waals surface area contributed by atoms with E-state index in [4.69, 9.17) is 0 Å². The second kappa shape index (κ2) is 7.12. The molecule has 20 heavy (non-hydrogen) atoms. The van der Waals surface area contributed by atoms with Crippen molar-refractivity contribution in [1.29, 1.82) is 0 Å². The summed E-state index contributed by atoms with van der Waals surface area (Å²) in [4.78, 5) is 20.0. The molecule has 0 saturated carbocycles. The minimum atomic E-state index is -0.0944. The van der Waals surface area contributed by atoms with Crippen LogP contribution in [0.4, 0.5) is 5.69 Å². The van der Waals surface area contributed by atoms with E-state index in [0.29, 0.717) is 0 Å². The molecular formula is C14H15BrN4O. The Morgan fingerprint density at radius 3 is 2.70 bits per heavy atom. The Bertz CT molecular complexity index is 559. The van der Waals surface area contributed by atoms with E-state index in [1.807, 2.05) is 31.2 Å². The molecule has 1 aromatic carbocycles. The lowest BCUT2D eigenvalue weighted by Crippen LogP contribution is -2.30. The van der Waals surface area contributed by atoms with E-state index in [-0.39, 0.29) is 18.5 Å². The number of hydrogen-bond donors (Lipinski definition) is 2. The van der Waals surface area contributed by atoms with E-state index < -0.39 is 0 Å². The number of anilines is 1. The van der Waals surface area contributed by atoms with Crippen LogP contribution in [0, 0.1) is 0 Å². The summed E-state index contributed by atoms with van der Waals surface area (Å²) in [6.45, 7) is 2.16. The third kappa shape index (κ3) is 4.40. The maximum absolute atomic E-state index is 11.8. The maximum Gasteiger partial charge on any atom is 0.238 e. The normalized spacial score (nSPS) is 11.9. The van der Waals surface area contributed by atoms with E-state index in [1.165, 1.54) is 0 Å². The number of rotatable bonds is 5. The lowest BCUT2D eigenvalue weighted by molar-refractivity contribution is -0.115. The monoisotopic (exact) mass is 334 g/mol. The van der Waals surface area contributed by atoms with Crippen LogP contribution in [0.25, 0.3) is 0 Å². The first-order valence-corrected chi connectivity index (χ1v) is 6.99. The van der Waals surface area contributed by atoms with Crippen molar-refractivity contribution < 1.29 is 4.79 Å². The van der Waals surface area contributed by atoms with E-state index in [9.17, 15) is 4.79 Å². The second-order valence-electron chi connectivity index (χ2n) is 4.29. The van der Waals surface area contributed by atoms with Gasteiger partial charge in [0, 0.05) is 34.8 Å². The summed E-state index contributed by atoms with van der Waals surface area (Å²) in [5.41, 5.74) is 1.58. The molecule has 2 rings (SSSR count). The van der Waals surface area contributed by atoms with Crippen LogP contribution in [0.3, 0.4) is 0 Å². The van der Waals surface area contributed by atoms with Crippen LogP contribution in [-0.2, 0) is 4.79 Å². The van der Waals surface area contributed by atoms with Gasteiger partial charge in [0.1, 0.15) is 0 Å². The first-order valence-electron chi connectivity index (χ1n) is 6.20. The lowest BCUT2D eigenvalue weighted by atomic mass is 10.2. The fourth-order valence-electron chi connectivity index (χ4n) is 1.62. The van der Waals surface area contributed by atoms with Crippen molar-refractivity contribution in [3.05, 3.63) is 53.0 Å². The fourth-order valence-corrected chi connectivity index (χ4v) is 1.89. The average Bonchev–Trinajstić information content (AvgIpc) is 2.48. The Kier molecular flexibility index (Phi) is 5.20. The van der Waals surface area contributed by atoms with Gasteiger partial charge < -0.3 is 10.6 Å². The van der Waals surface area contributed by atoms with Crippen molar-refractivity contribution in [1.82, 2.24) is 15.3 Å². The first-order chi connectivity index (χ1) is 9.65. The van der Waals surface area contributed by atoms with Gasteiger partial charge in [0.2, 0.25) is 5.91 Å². The summed E-state index contributed by atoms with van der Waals surface area (Å²) in [6, 6.07) is 7.41. The van der Waals surface area contributed by atoms with Crippen molar-refractivity contribution >= 4 is 27.5 Å². The van der Waals surface area contributed by atoms with Crippen LogP contribution in [0.2, 0.25) is 0 Å². The zero-order chi connectivity index (χ0) is 14.4. The highest BCUT2D eigenvalue weighted by molar-refractivity contribution is 9.10. The number of nitrogens with zero attached hydrogens (tertiary/aromatic N) is 2. The molecule has 0 bridgehead atoms. The van der Waals surface area contributed by atoms with Crippen LogP contribution in [0.15, 0.2) is 47.3 Å². The molecule has 1 atom stereocenters. The van der Waals surface area contributed by atoms with Crippen LogP contribution < -0.4 is 10.6 Å². The molecule has 0 saturated heterocycles. The zero-order valence-corrected chi connectivity index (χ0v) is 12.6. The van der Waals surface area contributed by atoms with Gasteiger partial charge in [-0.05, 0) is 31.2 Å². The van der Waals surface area contributed by atoms with E-state index in [2.05, 4.69) is 36.5 Å². The molecule has 0 fully saturated rings. The van der Waals surface area contributed by atoms with Gasteiger partial charge in [0.05, 0.1) is 12.2 Å². The summed E-state index contributed by atoms with van der Waals surface area (Å²) < 4.78 is 0.977. The average molecular weight is 335 g/mol. The molecule has 2 aromatic rings. The molecule has 1 aromatic heterocycles. The molecule has 1 unspecified atom stereocenters. The highest BCUT2D eigenvalue weighted by Crippen LogP contribution is 2.14. The standard InChI is InChI=1S/C14H15BrN4O/c1-10(13-8-16-6-7-17-13)18-9-14(20)19-12-4-2-11(15)3-5-12/h2-8,10,18H,9H2,1H3,(H,19,20). The Balaban J connectivity index is 1.82.